The highest BCUT2D eigenvalue weighted by Gasteiger charge is 2.33. The molecule has 2 aromatic heterocycles. The van der Waals surface area contributed by atoms with Crippen LogP contribution in [0.3, 0.4) is 0 Å². The molecule has 0 aliphatic heterocycles. The summed E-state index contributed by atoms with van der Waals surface area (Å²) in [6.45, 7) is 1.25. The molecule has 0 saturated heterocycles. The number of alkyl halides is 3. The van der Waals surface area contributed by atoms with E-state index in [0.717, 1.165) is 12.1 Å². The second-order valence-corrected chi connectivity index (χ2v) is 4.81. The van der Waals surface area contributed by atoms with Gasteiger partial charge in [-0.15, -0.1) is 0 Å². The fraction of sp³-hybridized carbons (Fsp3) is 0.286. The summed E-state index contributed by atoms with van der Waals surface area (Å²) >= 11 is 0. The smallest absolute Gasteiger partial charge is 0.433 e. The average molecular weight is 311 g/mol. The first-order valence-electron chi connectivity index (χ1n) is 6.22. The standard InChI is InChI=1S/C14H12F3N3O2/c1-13(21,11-3-2-6-22-11)8-19-12-9(7-18)4-5-10(20-12)14(15,16)17/h2-6,21H,8H2,1H3,(H,19,20). The molecule has 2 N–H and O–H groups in total. The lowest BCUT2D eigenvalue weighted by molar-refractivity contribution is -0.141. The first-order chi connectivity index (χ1) is 10.2. The van der Waals surface area contributed by atoms with Gasteiger partial charge < -0.3 is 14.8 Å². The van der Waals surface area contributed by atoms with E-state index >= 15 is 0 Å². The van der Waals surface area contributed by atoms with E-state index in [1.165, 1.54) is 19.3 Å². The van der Waals surface area contributed by atoms with E-state index in [2.05, 4.69) is 10.3 Å². The number of nitrogens with zero attached hydrogens (tertiary/aromatic N) is 2. The Labute approximate surface area is 124 Å². The fourth-order valence-corrected chi connectivity index (χ4v) is 1.77. The maximum absolute atomic E-state index is 12.7. The van der Waals surface area contributed by atoms with E-state index in [9.17, 15) is 18.3 Å². The van der Waals surface area contributed by atoms with Crippen LogP contribution in [0.15, 0.2) is 34.9 Å². The number of aromatic nitrogens is 1. The molecule has 0 bridgehead atoms. The molecule has 0 aromatic carbocycles. The number of hydrogen-bond acceptors (Lipinski definition) is 5. The van der Waals surface area contributed by atoms with Crippen molar-refractivity contribution in [2.45, 2.75) is 18.7 Å². The second kappa shape index (κ2) is 5.69. The van der Waals surface area contributed by atoms with E-state index in [-0.39, 0.29) is 23.7 Å². The minimum atomic E-state index is -4.62. The predicted molar refractivity (Wildman–Crippen MR) is 70.7 cm³/mol. The van der Waals surface area contributed by atoms with E-state index in [1.54, 1.807) is 12.1 Å². The van der Waals surface area contributed by atoms with Crippen LogP contribution in [0, 0.1) is 11.3 Å². The van der Waals surface area contributed by atoms with Crippen molar-refractivity contribution in [3.8, 4) is 6.07 Å². The molecule has 1 atom stereocenters. The molecule has 2 aromatic rings. The van der Waals surface area contributed by atoms with Gasteiger partial charge in [0, 0.05) is 0 Å². The molecule has 0 aliphatic rings. The van der Waals surface area contributed by atoms with Crippen molar-refractivity contribution >= 4 is 5.82 Å². The van der Waals surface area contributed by atoms with Gasteiger partial charge in [0.05, 0.1) is 18.4 Å². The third kappa shape index (κ3) is 3.38. The van der Waals surface area contributed by atoms with Crippen LogP contribution in [-0.2, 0) is 11.8 Å². The van der Waals surface area contributed by atoms with Crippen LogP contribution in [0.4, 0.5) is 19.0 Å². The van der Waals surface area contributed by atoms with Crippen LogP contribution >= 0.6 is 0 Å². The number of nitrogens with one attached hydrogen (secondary N) is 1. The lowest BCUT2D eigenvalue weighted by Gasteiger charge is -2.22. The lowest BCUT2D eigenvalue weighted by atomic mass is 10.0. The summed E-state index contributed by atoms with van der Waals surface area (Å²) in [7, 11) is 0. The number of furan rings is 1. The van der Waals surface area contributed by atoms with Crippen molar-refractivity contribution < 1.29 is 22.7 Å². The van der Waals surface area contributed by atoms with Crippen molar-refractivity contribution in [2.75, 3.05) is 11.9 Å². The van der Waals surface area contributed by atoms with E-state index in [1.807, 2.05) is 0 Å². The highest BCUT2D eigenvalue weighted by Crippen LogP contribution is 2.30. The number of aliphatic hydroxyl groups is 1. The summed E-state index contributed by atoms with van der Waals surface area (Å²) in [6.07, 6.45) is -3.25. The van der Waals surface area contributed by atoms with Crippen LogP contribution in [0.1, 0.15) is 23.9 Å². The Morgan fingerprint density at radius 2 is 2.09 bits per heavy atom. The Morgan fingerprint density at radius 3 is 2.64 bits per heavy atom. The number of nitriles is 1. The summed E-state index contributed by atoms with van der Waals surface area (Å²) in [5.41, 5.74) is -2.64. The van der Waals surface area contributed by atoms with Crippen LogP contribution in [0.2, 0.25) is 0 Å². The lowest BCUT2D eigenvalue weighted by Crippen LogP contribution is -2.31. The maximum Gasteiger partial charge on any atom is 0.433 e. The first kappa shape index (κ1) is 15.9. The summed E-state index contributed by atoms with van der Waals surface area (Å²) in [4.78, 5) is 3.40. The SMILES string of the molecule is CC(O)(CNc1nc(C(F)(F)F)ccc1C#N)c1ccco1. The zero-order valence-electron chi connectivity index (χ0n) is 11.5. The Kier molecular flexibility index (Phi) is 4.10. The zero-order chi connectivity index (χ0) is 16.4. The largest absolute Gasteiger partial charge is 0.466 e. The van der Waals surface area contributed by atoms with Crippen molar-refractivity contribution in [1.29, 1.82) is 5.26 Å². The maximum atomic E-state index is 12.7. The summed E-state index contributed by atoms with van der Waals surface area (Å²) in [5.74, 6) is -0.00496. The third-order valence-corrected chi connectivity index (χ3v) is 2.96. The van der Waals surface area contributed by atoms with Gasteiger partial charge >= 0.3 is 6.18 Å². The molecule has 2 heterocycles. The molecule has 1 unspecified atom stereocenters. The van der Waals surface area contributed by atoms with Gasteiger partial charge in [-0.2, -0.15) is 18.4 Å². The summed E-state index contributed by atoms with van der Waals surface area (Å²) < 4.78 is 43.1. The van der Waals surface area contributed by atoms with Crippen LogP contribution in [0.5, 0.6) is 0 Å². The molecule has 5 nitrogen and oxygen atoms in total. The molecule has 0 saturated carbocycles. The van der Waals surface area contributed by atoms with Crippen LogP contribution in [-0.4, -0.2) is 16.6 Å². The van der Waals surface area contributed by atoms with Crippen molar-refractivity contribution in [1.82, 2.24) is 4.98 Å². The Morgan fingerprint density at radius 1 is 1.36 bits per heavy atom. The normalized spacial score (nSPS) is 14.2. The van der Waals surface area contributed by atoms with Crippen molar-refractivity contribution in [3.05, 3.63) is 47.5 Å². The molecule has 8 heteroatoms. The molecule has 0 spiro atoms. The number of pyridine rings is 1. The van der Waals surface area contributed by atoms with Gasteiger partial charge in [0.25, 0.3) is 0 Å². The van der Waals surface area contributed by atoms with Crippen molar-refractivity contribution in [2.24, 2.45) is 0 Å². The summed E-state index contributed by atoms with van der Waals surface area (Å²) in [5, 5.41) is 21.7. The molecule has 116 valence electrons. The van der Waals surface area contributed by atoms with Gasteiger partial charge in [-0.3, -0.25) is 0 Å². The van der Waals surface area contributed by atoms with E-state index < -0.39 is 17.5 Å². The van der Waals surface area contributed by atoms with Gasteiger partial charge in [-0.25, -0.2) is 4.98 Å². The highest BCUT2D eigenvalue weighted by atomic mass is 19.4. The fourth-order valence-electron chi connectivity index (χ4n) is 1.77. The minimum absolute atomic E-state index is 0.0526. The first-order valence-corrected chi connectivity index (χ1v) is 6.22. The molecule has 0 aliphatic carbocycles. The predicted octanol–water partition coefficient (Wildman–Crippen LogP) is 2.88. The second-order valence-electron chi connectivity index (χ2n) is 4.81. The topological polar surface area (TPSA) is 82.1 Å². The molecular formula is C14H12F3N3O2. The van der Waals surface area contributed by atoms with Crippen LogP contribution < -0.4 is 5.32 Å². The number of rotatable bonds is 4. The van der Waals surface area contributed by atoms with Gasteiger partial charge in [0.15, 0.2) is 0 Å². The van der Waals surface area contributed by atoms with Crippen LogP contribution in [0.25, 0.3) is 0 Å². The highest BCUT2D eigenvalue weighted by molar-refractivity contribution is 5.52. The van der Waals surface area contributed by atoms with E-state index in [0.29, 0.717) is 0 Å². The Balaban J connectivity index is 2.24. The Hall–Kier alpha value is -2.53. The number of halogens is 3. The molecular weight excluding hydrogens is 299 g/mol. The van der Waals surface area contributed by atoms with Gasteiger partial charge in [0.1, 0.15) is 28.9 Å². The summed E-state index contributed by atoms with van der Waals surface area (Å²) in [6, 6.07) is 6.62. The molecule has 0 radical (unpaired) electrons. The zero-order valence-corrected chi connectivity index (χ0v) is 11.5. The van der Waals surface area contributed by atoms with Gasteiger partial charge in [-0.1, -0.05) is 0 Å². The molecule has 2 rings (SSSR count). The Bertz CT molecular complexity index is 688. The van der Waals surface area contributed by atoms with Gasteiger partial charge in [-0.05, 0) is 31.2 Å². The third-order valence-electron chi connectivity index (χ3n) is 2.96. The average Bonchev–Trinajstić information content (AvgIpc) is 2.99. The number of hydrogen-bond donors (Lipinski definition) is 2. The molecule has 22 heavy (non-hydrogen) atoms. The molecule has 0 amide bonds. The quantitative estimate of drug-likeness (QED) is 0.907. The number of anilines is 1. The van der Waals surface area contributed by atoms with Gasteiger partial charge in [0.2, 0.25) is 0 Å². The minimum Gasteiger partial charge on any atom is -0.466 e. The van der Waals surface area contributed by atoms with E-state index in [4.69, 9.17) is 9.68 Å². The molecule has 0 fully saturated rings. The van der Waals surface area contributed by atoms with Crippen molar-refractivity contribution in [3.63, 3.8) is 0 Å². The monoisotopic (exact) mass is 311 g/mol.